The maximum Gasteiger partial charge on any atom is 0.270 e. The zero-order valence-corrected chi connectivity index (χ0v) is 17.1. The standard InChI is InChI=1S/C23H27N3O2/c1-6-17(4)24-23(27)22-14-20(18-8-7-9-19(13-18)28-5)25-26(22)21-12-15(2)10-11-16(21)3/h7-14,17H,6H2,1-5H3,(H,24,27). The largest absolute Gasteiger partial charge is 0.497 e. The van der Waals surface area contributed by atoms with E-state index in [1.54, 1.807) is 11.8 Å². The second kappa shape index (κ2) is 8.30. The molecule has 0 fully saturated rings. The van der Waals surface area contributed by atoms with Gasteiger partial charge in [-0.1, -0.05) is 31.2 Å². The molecule has 28 heavy (non-hydrogen) atoms. The molecule has 1 aromatic heterocycles. The van der Waals surface area contributed by atoms with Gasteiger partial charge in [-0.15, -0.1) is 0 Å². The molecule has 1 heterocycles. The first kappa shape index (κ1) is 19.7. The van der Waals surface area contributed by atoms with Crippen molar-refractivity contribution in [1.29, 1.82) is 0 Å². The highest BCUT2D eigenvalue weighted by Crippen LogP contribution is 2.26. The Morgan fingerprint density at radius 1 is 1.18 bits per heavy atom. The van der Waals surface area contributed by atoms with Crippen LogP contribution in [0.4, 0.5) is 0 Å². The Hall–Kier alpha value is -3.08. The fourth-order valence-corrected chi connectivity index (χ4v) is 3.00. The van der Waals surface area contributed by atoms with Crippen molar-refractivity contribution >= 4 is 5.91 Å². The smallest absolute Gasteiger partial charge is 0.270 e. The van der Waals surface area contributed by atoms with Gasteiger partial charge in [0.25, 0.3) is 5.91 Å². The van der Waals surface area contributed by atoms with Gasteiger partial charge >= 0.3 is 0 Å². The number of hydrogen-bond donors (Lipinski definition) is 1. The van der Waals surface area contributed by atoms with Crippen LogP contribution in [0.5, 0.6) is 5.75 Å². The number of hydrogen-bond acceptors (Lipinski definition) is 3. The summed E-state index contributed by atoms with van der Waals surface area (Å²) in [5.41, 5.74) is 5.24. The number of benzene rings is 2. The fraction of sp³-hybridized carbons (Fsp3) is 0.304. The van der Waals surface area contributed by atoms with Crippen LogP contribution in [0, 0.1) is 13.8 Å². The molecular weight excluding hydrogens is 350 g/mol. The molecule has 0 radical (unpaired) electrons. The zero-order valence-electron chi connectivity index (χ0n) is 17.1. The van der Waals surface area contributed by atoms with Crippen LogP contribution in [0.15, 0.2) is 48.5 Å². The van der Waals surface area contributed by atoms with Crippen LogP contribution in [0.2, 0.25) is 0 Å². The van der Waals surface area contributed by atoms with Gasteiger partial charge in [-0.2, -0.15) is 5.10 Å². The van der Waals surface area contributed by atoms with E-state index in [9.17, 15) is 4.79 Å². The average Bonchev–Trinajstić information content (AvgIpc) is 3.15. The molecule has 0 aliphatic carbocycles. The van der Waals surface area contributed by atoms with Crippen LogP contribution in [0.3, 0.4) is 0 Å². The lowest BCUT2D eigenvalue weighted by atomic mass is 10.1. The molecule has 0 saturated heterocycles. The summed E-state index contributed by atoms with van der Waals surface area (Å²) in [6, 6.07) is 15.8. The van der Waals surface area contributed by atoms with Gasteiger partial charge in [-0.3, -0.25) is 4.79 Å². The van der Waals surface area contributed by atoms with Gasteiger partial charge in [0, 0.05) is 11.6 Å². The third-order valence-electron chi connectivity index (χ3n) is 4.89. The number of carbonyl (C=O) groups excluding carboxylic acids is 1. The first-order valence-corrected chi connectivity index (χ1v) is 9.56. The van der Waals surface area contributed by atoms with Crippen molar-refractivity contribution in [3.05, 3.63) is 65.4 Å². The molecule has 1 amide bonds. The average molecular weight is 377 g/mol. The number of nitrogens with zero attached hydrogens (tertiary/aromatic N) is 2. The van der Waals surface area contributed by atoms with Crippen LogP contribution >= 0.6 is 0 Å². The Balaban J connectivity index is 2.14. The first-order valence-electron chi connectivity index (χ1n) is 9.56. The van der Waals surface area contributed by atoms with E-state index in [-0.39, 0.29) is 11.9 Å². The number of aromatic nitrogens is 2. The fourth-order valence-electron chi connectivity index (χ4n) is 3.00. The molecule has 0 aliphatic rings. The second-order valence-corrected chi connectivity index (χ2v) is 7.13. The van der Waals surface area contributed by atoms with E-state index in [1.165, 1.54) is 0 Å². The number of rotatable bonds is 6. The Morgan fingerprint density at radius 3 is 2.68 bits per heavy atom. The molecule has 2 aromatic carbocycles. The van der Waals surface area contributed by atoms with Gasteiger partial charge < -0.3 is 10.1 Å². The van der Waals surface area contributed by atoms with Crippen LogP contribution < -0.4 is 10.1 Å². The molecule has 5 nitrogen and oxygen atoms in total. The normalized spacial score (nSPS) is 11.9. The van der Waals surface area contributed by atoms with Crippen molar-refractivity contribution in [3.8, 4) is 22.7 Å². The van der Waals surface area contributed by atoms with Gasteiger partial charge in [0.2, 0.25) is 0 Å². The summed E-state index contributed by atoms with van der Waals surface area (Å²) in [6.07, 6.45) is 0.867. The monoisotopic (exact) mass is 377 g/mol. The quantitative estimate of drug-likeness (QED) is 0.678. The van der Waals surface area contributed by atoms with E-state index in [0.717, 1.165) is 40.2 Å². The van der Waals surface area contributed by atoms with Gasteiger partial charge in [0.1, 0.15) is 11.4 Å². The highest BCUT2D eigenvalue weighted by Gasteiger charge is 2.20. The lowest BCUT2D eigenvalue weighted by Crippen LogP contribution is -2.33. The molecule has 146 valence electrons. The minimum Gasteiger partial charge on any atom is -0.497 e. The molecule has 0 aliphatic heterocycles. The van der Waals surface area contributed by atoms with Gasteiger partial charge in [0.05, 0.1) is 18.5 Å². The first-order chi connectivity index (χ1) is 13.4. The molecular formula is C23H27N3O2. The summed E-state index contributed by atoms with van der Waals surface area (Å²) < 4.78 is 7.08. The van der Waals surface area contributed by atoms with Gasteiger partial charge in [-0.05, 0) is 62.6 Å². The Morgan fingerprint density at radius 2 is 1.96 bits per heavy atom. The maximum atomic E-state index is 13.0. The van der Waals surface area contributed by atoms with E-state index in [4.69, 9.17) is 9.84 Å². The van der Waals surface area contributed by atoms with Crippen molar-refractivity contribution in [1.82, 2.24) is 15.1 Å². The molecule has 1 N–H and O–H groups in total. The van der Waals surface area contributed by atoms with Crippen molar-refractivity contribution in [2.24, 2.45) is 0 Å². The van der Waals surface area contributed by atoms with Crippen LogP contribution in [-0.2, 0) is 0 Å². The van der Waals surface area contributed by atoms with E-state index in [1.807, 2.05) is 57.2 Å². The van der Waals surface area contributed by atoms with Gasteiger partial charge in [-0.25, -0.2) is 4.68 Å². The second-order valence-electron chi connectivity index (χ2n) is 7.13. The minimum absolute atomic E-state index is 0.0923. The van der Waals surface area contributed by atoms with E-state index in [2.05, 4.69) is 24.4 Å². The van der Waals surface area contributed by atoms with Crippen molar-refractivity contribution in [2.75, 3.05) is 7.11 Å². The van der Waals surface area contributed by atoms with Crippen LogP contribution in [0.25, 0.3) is 16.9 Å². The van der Waals surface area contributed by atoms with E-state index in [0.29, 0.717) is 5.69 Å². The summed E-state index contributed by atoms with van der Waals surface area (Å²) in [7, 11) is 1.64. The number of nitrogens with one attached hydrogen (secondary N) is 1. The molecule has 5 heteroatoms. The number of carbonyl (C=O) groups is 1. The zero-order chi connectivity index (χ0) is 20.3. The minimum atomic E-state index is -0.128. The van der Waals surface area contributed by atoms with E-state index < -0.39 is 0 Å². The lowest BCUT2D eigenvalue weighted by Gasteiger charge is -2.14. The van der Waals surface area contributed by atoms with Crippen LogP contribution in [0.1, 0.15) is 41.9 Å². The highest BCUT2D eigenvalue weighted by atomic mass is 16.5. The Bertz CT molecular complexity index is 991. The number of amides is 1. The predicted molar refractivity (Wildman–Crippen MR) is 112 cm³/mol. The van der Waals surface area contributed by atoms with Crippen molar-refractivity contribution in [2.45, 2.75) is 40.2 Å². The number of methoxy groups -OCH3 is 1. The summed E-state index contributed by atoms with van der Waals surface area (Å²) in [5.74, 6) is 0.626. The summed E-state index contributed by atoms with van der Waals surface area (Å²) in [6.45, 7) is 8.11. The molecule has 0 bridgehead atoms. The molecule has 3 aromatic rings. The third kappa shape index (κ3) is 4.09. The summed E-state index contributed by atoms with van der Waals surface area (Å²) in [5, 5.41) is 7.84. The summed E-state index contributed by atoms with van der Waals surface area (Å²) in [4.78, 5) is 13.0. The van der Waals surface area contributed by atoms with Gasteiger partial charge in [0.15, 0.2) is 0 Å². The number of ether oxygens (including phenoxy) is 1. The predicted octanol–water partition coefficient (Wildman–Crippen LogP) is 4.69. The lowest BCUT2D eigenvalue weighted by molar-refractivity contribution is 0.0931. The molecule has 1 unspecified atom stereocenters. The van der Waals surface area contributed by atoms with Crippen LogP contribution in [-0.4, -0.2) is 28.8 Å². The maximum absolute atomic E-state index is 13.0. The summed E-state index contributed by atoms with van der Waals surface area (Å²) >= 11 is 0. The SMILES string of the molecule is CCC(C)NC(=O)c1cc(-c2cccc(OC)c2)nn1-c1cc(C)ccc1C. The molecule has 3 rings (SSSR count). The van der Waals surface area contributed by atoms with E-state index >= 15 is 0 Å². The molecule has 0 spiro atoms. The molecule has 0 saturated carbocycles. The molecule has 1 atom stereocenters. The Kier molecular flexibility index (Phi) is 5.83. The number of aryl methyl sites for hydroxylation is 2. The third-order valence-corrected chi connectivity index (χ3v) is 4.89. The topological polar surface area (TPSA) is 56.1 Å². The highest BCUT2D eigenvalue weighted by molar-refractivity contribution is 5.94. The Labute approximate surface area is 166 Å². The van der Waals surface area contributed by atoms with Crippen molar-refractivity contribution in [3.63, 3.8) is 0 Å². The van der Waals surface area contributed by atoms with Crippen molar-refractivity contribution < 1.29 is 9.53 Å².